The van der Waals surface area contributed by atoms with Crippen LogP contribution >= 0.6 is 0 Å². The fraction of sp³-hybridized carbons (Fsp3) is 0.583. The zero-order chi connectivity index (χ0) is 26.5. The van der Waals surface area contributed by atoms with Gasteiger partial charge < -0.3 is 20.4 Å². The van der Waals surface area contributed by atoms with Crippen LogP contribution in [0.1, 0.15) is 56.2 Å². The van der Waals surface area contributed by atoms with Crippen LogP contribution in [0.5, 0.6) is 0 Å². The number of alkyl halides is 3. The Hall–Kier alpha value is -3.15. The highest BCUT2D eigenvalue weighted by Gasteiger charge is 2.47. The van der Waals surface area contributed by atoms with Gasteiger partial charge in [0, 0.05) is 6.54 Å². The summed E-state index contributed by atoms with van der Waals surface area (Å²) in [5.74, 6) is -4.77. The minimum atomic E-state index is -5.36. The molecule has 1 aliphatic heterocycles. The van der Waals surface area contributed by atoms with Gasteiger partial charge in [0.2, 0.25) is 11.8 Å². The molecule has 36 heavy (non-hydrogen) atoms. The number of amides is 3. The SMILES string of the molecule is CNC(C)C(=O)N(OC(=O)C(F)(F)F)C1CCCCN(CC(=O)NC2CCCc3ccccc32)C1=O. The van der Waals surface area contributed by atoms with Gasteiger partial charge in [0.05, 0.1) is 18.6 Å². The molecule has 0 bridgehead atoms. The maximum Gasteiger partial charge on any atom is 0.493 e. The Morgan fingerprint density at radius 1 is 1.17 bits per heavy atom. The van der Waals surface area contributed by atoms with Crippen LogP contribution < -0.4 is 10.6 Å². The number of rotatable bonds is 6. The van der Waals surface area contributed by atoms with E-state index in [1.165, 1.54) is 18.9 Å². The molecular formula is C24H31F3N4O5. The summed E-state index contributed by atoms with van der Waals surface area (Å²) >= 11 is 0. The molecular weight excluding hydrogens is 481 g/mol. The third-order valence-corrected chi connectivity index (χ3v) is 6.51. The number of carbonyl (C=O) groups excluding carboxylic acids is 4. The van der Waals surface area contributed by atoms with Crippen LogP contribution in [0.3, 0.4) is 0 Å². The van der Waals surface area contributed by atoms with E-state index >= 15 is 0 Å². The summed E-state index contributed by atoms with van der Waals surface area (Å²) in [7, 11) is 1.40. The molecule has 2 aliphatic rings. The number of likely N-dealkylation sites (tertiary alicyclic amines) is 1. The second kappa shape index (κ2) is 11.7. The number of likely N-dealkylation sites (N-methyl/N-ethyl adjacent to an activating group) is 1. The first kappa shape index (κ1) is 27.4. The van der Waals surface area contributed by atoms with E-state index in [9.17, 15) is 32.3 Å². The van der Waals surface area contributed by atoms with Crippen molar-refractivity contribution < 1.29 is 37.2 Å². The van der Waals surface area contributed by atoms with Crippen molar-refractivity contribution in [2.75, 3.05) is 20.1 Å². The summed E-state index contributed by atoms with van der Waals surface area (Å²) in [5.41, 5.74) is 2.17. The number of nitrogens with zero attached hydrogens (tertiary/aromatic N) is 2. The Morgan fingerprint density at radius 3 is 2.58 bits per heavy atom. The lowest BCUT2D eigenvalue weighted by molar-refractivity contribution is -0.244. The third-order valence-electron chi connectivity index (χ3n) is 6.51. The number of nitrogens with one attached hydrogen (secondary N) is 2. The van der Waals surface area contributed by atoms with Crippen molar-refractivity contribution in [3.63, 3.8) is 0 Å². The van der Waals surface area contributed by atoms with Gasteiger partial charge in [-0.1, -0.05) is 24.3 Å². The number of hydroxylamine groups is 2. The summed E-state index contributed by atoms with van der Waals surface area (Å²) in [6.45, 7) is 1.22. The lowest BCUT2D eigenvalue weighted by Gasteiger charge is -2.33. The molecule has 1 aliphatic carbocycles. The summed E-state index contributed by atoms with van der Waals surface area (Å²) in [6, 6.07) is 5.08. The number of halogens is 3. The van der Waals surface area contributed by atoms with Gasteiger partial charge in [0.25, 0.3) is 5.91 Å². The summed E-state index contributed by atoms with van der Waals surface area (Å²) in [6.07, 6.45) is -1.95. The Morgan fingerprint density at radius 2 is 1.89 bits per heavy atom. The highest BCUT2D eigenvalue weighted by Crippen LogP contribution is 2.29. The molecule has 9 nitrogen and oxygen atoms in total. The molecule has 1 aromatic carbocycles. The van der Waals surface area contributed by atoms with Crippen LogP contribution in [0, 0.1) is 0 Å². The van der Waals surface area contributed by atoms with E-state index in [0.29, 0.717) is 12.8 Å². The topological polar surface area (TPSA) is 108 Å². The van der Waals surface area contributed by atoms with Gasteiger partial charge in [-0.3, -0.25) is 14.4 Å². The van der Waals surface area contributed by atoms with Crippen molar-refractivity contribution in [3.8, 4) is 0 Å². The first-order valence-electron chi connectivity index (χ1n) is 12.0. The van der Waals surface area contributed by atoms with Gasteiger partial charge in [-0.2, -0.15) is 18.2 Å². The highest BCUT2D eigenvalue weighted by molar-refractivity contribution is 5.92. The number of fused-ring (bicyclic) bond motifs is 1. The molecule has 1 fully saturated rings. The number of aryl methyl sites for hydroxylation is 1. The average Bonchev–Trinajstić information content (AvgIpc) is 3.02. The van der Waals surface area contributed by atoms with E-state index in [0.717, 1.165) is 30.4 Å². The molecule has 1 aromatic rings. The Bertz CT molecular complexity index is 987. The summed E-state index contributed by atoms with van der Waals surface area (Å²) < 4.78 is 38.7. The quantitative estimate of drug-likeness (QED) is 0.565. The predicted molar refractivity (Wildman–Crippen MR) is 122 cm³/mol. The Kier molecular flexibility index (Phi) is 8.93. The van der Waals surface area contributed by atoms with E-state index in [-0.39, 0.29) is 30.6 Å². The number of benzene rings is 1. The maximum absolute atomic E-state index is 13.3. The van der Waals surface area contributed by atoms with Crippen LogP contribution in [0.25, 0.3) is 0 Å². The summed E-state index contributed by atoms with van der Waals surface area (Å²) in [4.78, 5) is 56.2. The molecule has 1 heterocycles. The molecule has 3 unspecified atom stereocenters. The molecule has 0 saturated carbocycles. The van der Waals surface area contributed by atoms with Crippen molar-refractivity contribution in [3.05, 3.63) is 35.4 Å². The van der Waals surface area contributed by atoms with Crippen molar-refractivity contribution in [2.24, 2.45) is 0 Å². The maximum atomic E-state index is 13.3. The standard InChI is InChI=1S/C24H31F3N4O5/c1-15(28-2)21(33)31(36-23(35)24(25,26)27)19-12-5-6-13-30(22(19)34)14-20(32)29-18-11-7-9-16-8-3-4-10-17(16)18/h3-4,8,10,15,18-19,28H,5-7,9,11-14H2,1-2H3,(H,29,32). The fourth-order valence-electron chi connectivity index (χ4n) is 4.49. The van der Waals surface area contributed by atoms with E-state index < -0.39 is 42.0 Å². The van der Waals surface area contributed by atoms with Crippen LogP contribution in [0.2, 0.25) is 0 Å². The van der Waals surface area contributed by atoms with Crippen LogP contribution in [0.4, 0.5) is 13.2 Å². The summed E-state index contributed by atoms with van der Waals surface area (Å²) in [5, 5.41) is 5.74. The molecule has 198 valence electrons. The fourth-order valence-corrected chi connectivity index (χ4v) is 4.49. The molecule has 12 heteroatoms. The van der Waals surface area contributed by atoms with Crippen molar-refractivity contribution in [2.45, 2.75) is 69.8 Å². The Labute approximate surface area is 207 Å². The molecule has 0 aromatic heterocycles. The minimum Gasteiger partial charge on any atom is -0.348 e. The largest absolute Gasteiger partial charge is 0.493 e. The smallest absolute Gasteiger partial charge is 0.348 e. The lowest BCUT2D eigenvalue weighted by atomic mass is 9.88. The van der Waals surface area contributed by atoms with Gasteiger partial charge in [-0.15, -0.1) is 0 Å². The van der Waals surface area contributed by atoms with Crippen molar-refractivity contribution in [1.29, 1.82) is 0 Å². The van der Waals surface area contributed by atoms with Crippen molar-refractivity contribution in [1.82, 2.24) is 20.6 Å². The van der Waals surface area contributed by atoms with Gasteiger partial charge in [0.15, 0.2) is 0 Å². The van der Waals surface area contributed by atoms with Gasteiger partial charge in [0.1, 0.15) is 6.04 Å². The van der Waals surface area contributed by atoms with E-state index in [4.69, 9.17) is 0 Å². The van der Waals surface area contributed by atoms with E-state index in [1.807, 2.05) is 24.3 Å². The van der Waals surface area contributed by atoms with Gasteiger partial charge in [-0.05, 0) is 63.6 Å². The van der Waals surface area contributed by atoms with Crippen LogP contribution in [-0.2, 0) is 30.4 Å². The first-order valence-corrected chi connectivity index (χ1v) is 12.0. The molecule has 0 radical (unpaired) electrons. The molecule has 3 amide bonds. The Balaban J connectivity index is 1.75. The number of hydrogen-bond donors (Lipinski definition) is 2. The highest BCUT2D eigenvalue weighted by atomic mass is 19.4. The lowest BCUT2D eigenvalue weighted by Crippen LogP contribution is -2.56. The van der Waals surface area contributed by atoms with E-state index in [2.05, 4.69) is 15.5 Å². The van der Waals surface area contributed by atoms with Crippen LogP contribution in [0.15, 0.2) is 24.3 Å². The zero-order valence-electron chi connectivity index (χ0n) is 20.3. The molecule has 3 rings (SSSR count). The molecule has 0 spiro atoms. The molecule has 1 saturated heterocycles. The van der Waals surface area contributed by atoms with Crippen LogP contribution in [-0.4, -0.2) is 72.1 Å². The minimum absolute atomic E-state index is 0.0136. The van der Waals surface area contributed by atoms with Gasteiger partial charge >= 0.3 is 12.1 Å². The zero-order valence-corrected chi connectivity index (χ0v) is 20.3. The second-order valence-electron chi connectivity index (χ2n) is 9.03. The normalized spacial score (nSPS) is 21.1. The first-order chi connectivity index (χ1) is 17.0. The third kappa shape index (κ3) is 6.54. The average molecular weight is 513 g/mol. The number of carbonyl (C=O) groups is 4. The van der Waals surface area contributed by atoms with E-state index in [1.54, 1.807) is 0 Å². The predicted octanol–water partition coefficient (Wildman–Crippen LogP) is 2.02. The number of hydrogen-bond acceptors (Lipinski definition) is 6. The molecule has 3 atom stereocenters. The second-order valence-corrected chi connectivity index (χ2v) is 9.03. The van der Waals surface area contributed by atoms with Crippen molar-refractivity contribution >= 4 is 23.7 Å². The molecule has 2 N–H and O–H groups in total. The van der Waals surface area contributed by atoms with Gasteiger partial charge in [-0.25, -0.2) is 4.79 Å². The monoisotopic (exact) mass is 512 g/mol.